The van der Waals surface area contributed by atoms with Crippen molar-refractivity contribution in [3.8, 4) is 11.5 Å². The van der Waals surface area contributed by atoms with Gasteiger partial charge in [-0.3, -0.25) is 24.1 Å². The number of nitrogens with zero attached hydrogens (tertiary/aromatic N) is 2. The number of rotatable bonds is 3. The monoisotopic (exact) mass is 542 g/mol. The van der Waals surface area contributed by atoms with Crippen LogP contribution in [0.1, 0.15) is 52.0 Å². The van der Waals surface area contributed by atoms with Crippen LogP contribution in [-0.2, 0) is 19.2 Å². The van der Waals surface area contributed by atoms with E-state index in [-0.39, 0.29) is 35.8 Å². The number of hydrogen-bond acceptors (Lipinski definition) is 6. The van der Waals surface area contributed by atoms with Gasteiger partial charge in [0.2, 0.25) is 23.6 Å². The molecule has 6 unspecified atom stereocenters. The number of phenolic OH excluding ortho intramolecular Hbond substituents is 1. The minimum absolute atomic E-state index is 0.0449. The van der Waals surface area contributed by atoms with Crippen molar-refractivity contribution in [2.45, 2.75) is 52.0 Å². The van der Waals surface area contributed by atoms with Crippen LogP contribution in [-0.4, -0.2) is 46.3 Å². The summed E-state index contributed by atoms with van der Waals surface area (Å²) < 4.78 is 5.30. The standard InChI is InChI=1S/C32H34N2O6/c1-31(2,3)34-27(36)21-14-13-19-22(25(21)29(34)38)16-23-28(37)33(17-9-7-6-8-10-17)30(39)32(23,4)26(19)20-12-11-18(40-5)15-24(20)35/h6-13,15,21-23,25-26,35H,14,16H2,1-5H3. The van der Waals surface area contributed by atoms with Crippen molar-refractivity contribution in [3.05, 3.63) is 65.7 Å². The molecule has 6 atom stereocenters. The first kappa shape index (κ1) is 26.3. The summed E-state index contributed by atoms with van der Waals surface area (Å²) in [5.41, 5.74) is -0.0432. The number of aromatic hydroxyl groups is 1. The van der Waals surface area contributed by atoms with Crippen LogP contribution in [0.3, 0.4) is 0 Å². The van der Waals surface area contributed by atoms with Crippen molar-refractivity contribution in [3.63, 3.8) is 0 Å². The maximum absolute atomic E-state index is 14.3. The van der Waals surface area contributed by atoms with Gasteiger partial charge in [-0.15, -0.1) is 0 Å². The van der Waals surface area contributed by atoms with E-state index >= 15 is 0 Å². The lowest BCUT2D eigenvalue weighted by Gasteiger charge is -2.49. The summed E-state index contributed by atoms with van der Waals surface area (Å²) in [6.45, 7) is 7.35. The fourth-order valence-corrected chi connectivity index (χ4v) is 7.74. The molecular weight excluding hydrogens is 508 g/mol. The van der Waals surface area contributed by atoms with E-state index in [4.69, 9.17) is 4.74 Å². The second-order valence-corrected chi connectivity index (χ2v) is 12.6. The third-order valence-corrected chi connectivity index (χ3v) is 9.51. The Morgan fingerprint density at radius 1 is 0.950 bits per heavy atom. The van der Waals surface area contributed by atoms with Crippen molar-refractivity contribution >= 4 is 29.3 Å². The molecule has 6 rings (SSSR count). The fourth-order valence-electron chi connectivity index (χ4n) is 7.74. The maximum atomic E-state index is 14.3. The summed E-state index contributed by atoms with van der Waals surface area (Å²) >= 11 is 0. The van der Waals surface area contributed by atoms with E-state index in [1.165, 1.54) is 23.0 Å². The SMILES string of the molecule is COc1ccc(C2C3=CCC4C(=O)N(C(C)(C)C)C(=O)C4C3CC3C(=O)N(c4ccccc4)C(=O)C32C)c(O)c1. The summed E-state index contributed by atoms with van der Waals surface area (Å²) in [6.07, 6.45) is 2.64. The molecule has 1 saturated carbocycles. The molecular formula is C32H34N2O6. The molecule has 3 fully saturated rings. The molecule has 4 aliphatic rings. The zero-order valence-corrected chi connectivity index (χ0v) is 23.4. The number of methoxy groups -OCH3 is 1. The maximum Gasteiger partial charge on any atom is 0.241 e. The topological polar surface area (TPSA) is 104 Å². The lowest BCUT2D eigenvalue weighted by molar-refractivity contribution is -0.145. The molecule has 2 aliphatic heterocycles. The van der Waals surface area contributed by atoms with Gasteiger partial charge in [0.25, 0.3) is 0 Å². The van der Waals surface area contributed by atoms with Crippen molar-refractivity contribution in [1.29, 1.82) is 0 Å². The highest BCUT2D eigenvalue weighted by atomic mass is 16.5. The lowest BCUT2D eigenvalue weighted by atomic mass is 9.51. The Hall–Kier alpha value is -3.94. The number of para-hydroxylation sites is 1. The summed E-state index contributed by atoms with van der Waals surface area (Å²) in [7, 11) is 1.51. The quantitative estimate of drug-likeness (QED) is 0.455. The van der Waals surface area contributed by atoms with Crippen LogP contribution in [0.15, 0.2) is 60.2 Å². The number of fused-ring (bicyclic) bond motifs is 4. The van der Waals surface area contributed by atoms with E-state index in [9.17, 15) is 24.3 Å². The molecule has 8 nitrogen and oxygen atoms in total. The molecule has 208 valence electrons. The number of carbonyl (C=O) groups excluding carboxylic acids is 4. The predicted molar refractivity (Wildman–Crippen MR) is 147 cm³/mol. The Labute approximate surface area is 233 Å². The predicted octanol–water partition coefficient (Wildman–Crippen LogP) is 4.43. The molecule has 2 saturated heterocycles. The van der Waals surface area contributed by atoms with Crippen LogP contribution in [0.5, 0.6) is 11.5 Å². The van der Waals surface area contributed by atoms with Gasteiger partial charge < -0.3 is 9.84 Å². The van der Waals surface area contributed by atoms with Gasteiger partial charge in [0.1, 0.15) is 11.5 Å². The molecule has 2 aliphatic carbocycles. The Kier molecular flexibility index (Phi) is 5.77. The van der Waals surface area contributed by atoms with Gasteiger partial charge in [-0.05, 0) is 64.7 Å². The van der Waals surface area contributed by atoms with Gasteiger partial charge >= 0.3 is 0 Å². The normalized spacial score (nSPS) is 31.6. The second-order valence-electron chi connectivity index (χ2n) is 12.6. The van der Waals surface area contributed by atoms with Crippen LogP contribution < -0.4 is 9.64 Å². The third kappa shape index (κ3) is 3.44. The first-order valence-corrected chi connectivity index (χ1v) is 13.8. The van der Waals surface area contributed by atoms with Crippen molar-refractivity contribution in [1.82, 2.24) is 4.90 Å². The zero-order valence-electron chi connectivity index (χ0n) is 23.4. The minimum Gasteiger partial charge on any atom is -0.508 e. The third-order valence-electron chi connectivity index (χ3n) is 9.51. The summed E-state index contributed by atoms with van der Waals surface area (Å²) in [6, 6.07) is 13.8. The van der Waals surface area contributed by atoms with E-state index in [1.807, 2.05) is 32.9 Å². The molecule has 0 spiro atoms. The number of phenols is 1. The number of anilines is 1. The molecule has 0 bridgehead atoms. The highest BCUT2D eigenvalue weighted by molar-refractivity contribution is 6.24. The van der Waals surface area contributed by atoms with Gasteiger partial charge in [-0.1, -0.05) is 35.9 Å². The molecule has 40 heavy (non-hydrogen) atoms. The highest BCUT2D eigenvalue weighted by Gasteiger charge is 2.68. The van der Waals surface area contributed by atoms with Crippen LogP contribution >= 0.6 is 0 Å². The van der Waals surface area contributed by atoms with Crippen LogP contribution in [0.4, 0.5) is 5.69 Å². The van der Waals surface area contributed by atoms with E-state index in [1.54, 1.807) is 43.3 Å². The molecule has 0 aromatic heterocycles. The fraction of sp³-hybridized carbons (Fsp3) is 0.438. The van der Waals surface area contributed by atoms with Gasteiger partial charge in [-0.25, -0.2) is 4.90 Å². The smallest absolute Gasteiger partial charge is 0.241 e. The zero-order chi connectivity index (χ0) is 28.7. The van der Waals surface area contributed by atoms with Gasteiger partial charge in [-0.2, -0.15) is 0 Å². The number of ether oxygens (including phenoxy) is 1. The second kappa shape index (κ2) is 8.78. The Morgan fingerprint density at radius 2 is 1.65 bits per heavy atom. The summed E-state index contributed by atoms with van der Waals surface area (Å²) in [5, 5.41) is 11.2. The molecule has 4 amide bonds. The molecule has 0 radical (unpaired) electrons. The van der Waals surface area contributed by atoms with Gasteiger partial charge in [0, 0.05) is 23.1 Å². The average Bonchev–Trinajstić information content (AvgIpc) is 3.29. The molecule has 1 N–H and O–H groups in total. The van der Waals surface area contributed by atoms with Crippen LogP contribution in [0.2, 0.25) is 0 Å². The highest BCUT2D eigenvalue weighted by Crippen LogP contribution is 2.64. The number of hydrogen-bond donors (Lipinski definition) is 1. The summed E-state index contributed by atoms with van der Waals surface area (Å²) in [5.74, 6) is -3.59. The number of allylic oxidation sites excluding steroid dienone is 2. The molecule has 2 aromatic rings. The Balaban J connectivity index is 1.54. The molecule has 2 heterocycles. The molecule has 8 heteroatoms. The number of likely N-dealkylation sites (tertiary alicyclic amines) is 1. The minimum atomic E-state index is -1.20. The van der Waals surface area contributed by atoms with E-state index in [2.05, 4.69) is 0 Å². The molecule has 2 aromatic carbocycles. The summed E-state index contributed by atoms with van der Waals surface area (Å²) in [4.78, 5) is 58.5. The van der Waals surface area contributed by atoms with Crippen molar-refractivity contribution in [2.75, 3.05) is 12.0 Å². The number of amides is 4. The van der Waals surface area contributed by atoms with Crippen LogP contribution in [0.25, 0.3) is 0 Å². The van der Waals surface area contributed by atoms with Gasteiger partial charge in [0.05, 0.1) is 36.0 Å². The first-order chi connectivity index (χ1) is 18.9. The van der Waals surface area contributed by atoms with Crippen molar-refractivity contribution < 1.29 is 29.0 Å². The Morgan fingerprint density at radius 3 is 2.27 bits per heavy atom. The van der Waals surface area contributed by atoms with E-state index in [0.29, 0.717) is 23.4 Å². The van der Waals surface area contributed by atoms with E-state index < -0.39 is 40.5 Å². The largest absolute Gasteiger partial charge is 0.508 e. The van der Waals surface area contributed by atoms with Crippen molar-refractivity contribution in [2.24, 2.45) is 29.1 Å². The van der Waals surface area contributed by atoms with Gasteiger partial charge in [0.15, 0.2) is 0 Å². The first-order valence-electron chi connectivity index (χ1n) is 13.8. The average molecular weight is 543 g/mol. The lowest BCUT2D eigenvalue weighted by Crippen LogP contribution is -2.49. The number of imide groups is 2. The number of benzene rings is 2. The van der Waals surface area contributed by atoms with Crippen LogP contribution in [0, 0.1) is 29.1 Å². The number of carbonyl (C=O) groups is 4. The Bertz CT molecular complexity index is 1470. The van der Waals surface area contributed by atoms with E-state index in [0.717, 1.165) is 5.57 Å².